The summed E-state index contributed by atoms with van der Waals surface area (Å²) < 4.78 is 0. The molecule has 1 atom stereocenters. The highest BCUT2D eigenvalue weighted by Crippen LogP contribution is 2.17. The van der Waals surface area contributed by atoms with Gasteiger partial charge in [0.15, 0.2) is 5.82 Å². The number of nitrogen functional groups attached to an aromatic ring is 1. The number of nitrogens with one attached hydrogen (secondary N) is 1. The minimum absolute atomic E-state index is 0.244. The maximum Gasteiger partial charge on any atom is 0.232 e. The molecule has 0 saturated carbocycles. The molecule has 112 valence electrons. The highest BCUT2D eigenvalue weighted by atomic mass is 15.2. The zero-order chi connectivity index (χ0) is 15.2. The van der Waals surface area contributed by atoms with Gasteiger partial charge in [-0.2, -0.15) is 15.0 Å². The number of hydrogen-bond donors (Lipinski definition) is 3. The van der Waals surface area contributed by atoms with Crippen molar-refractivity contribution in [2.45, 2.75) is 39.8 Å². The van der Waals surface area contributed by atoms with Crippen LogP contribution in [0.4, 0.5) is 17.6 Å². The van der Waals surface area contributed by atoms with E-state index in [9.17, 15) is 0 Å². The van der Waals surface area contributed by atoms with Crippen LogP contribution in [0.25, 0.3) is 0 Å². The van der Waals surface area contributed by atoms with Gasteiger partial charge in [0.25, 0.3) is 0 Å². The Labute approximate surface area is 125 Å². The first-order valence-corrected chi connectivity index (χ1v) is 7.25. The number of nitrogens with zero attached hydrogens (tertiary/aromatic N) is 3. The Bertz CT molecular complexity index is 598. The molecule has 0 bridgehead atoms. The Hall–Kier alpha value is -2.21. The van der Waals surface area contributed by atoms with Crippen LogP contribution in [0.3, 0.4) is 0 Å². The van der Waals surface area contributed by atoms with Crippen molar-refractivity contribution in [3.63, 3.8) is 0 Å². The third-order valence-corrected chi connectivity index (χ3v) is 3.44. The first-order chi connectivity index (χ1) is 10.1. The van der Waals surface area contributed by atoms with Crippen molar-refractivity contribution < 1.29 is 5.32 Å². The first kappa shape index (κ1) is 15.2. The van der Waals surface area contributed by atoms with Crippen molar-refractivity contribution in [1.82, 2.24) is 15.0 Å². The van der Waals surface area contributed by atoms with Crippen molar-refractivity contribution in [1.29, 1.82) is 0 Å². The molecule has 5 N–H and O–H groups in total. The topological polar surface area (TPSA) is 93.3 Å². The summed E-state index contributed by atoms with van der Waals surface area (Å²) in [6.07, 6.45) is 1.11. The van der Waals surface area contributed by atoms with E-state index in [1.165, 1.54) is 0 Å². The van der Waals surface area contributed by atoms with Crippen LogP contribution in [0.15, 0.2) is 24.3 Å². The zero-order valence-corrected chi connectivity index (χ0v) is 12.8. The van der Waals surface area contributed by atoms with Crippen LogP contribution in [0.1, 0.15) is 31.7 Å². The lowest BCUT2D eigenvalue weighted by atomic mass is 10.2. The van der Waals surface area contributed by atoms with E-state index in [0.29, 0.717) is 24.4 Å². The number of benzene rings is 1. The maximum atomic E-state index is 5.77. The Morgan fingerprint density at radius 1 is 1.24 bits per heavy atom. The van der Waals surface area contributed by atoms with Crippen molar-refractivity contribution in [3.8, 4) is 0 Å². The monoisotopic (exact) mass is 287 g/mol. The summed E-state index contributed by atoms with van der Waals surface area (Å²) in [5.74, 6) is 1.43. The number of aryl methyl sites for hydroxylation is 1. The largest absolute Gasteiger partial charge is 0.368 e. The second kappa shape index (κ2) is 6.99. The third kappa shape index (κ3) is 4.39. The van der Waals surface area contributed by atoms with Crippen LogP contribution in [0.5, 0.6) is 0 Å². The summed E-state index contributed by atoms with van der Waals surface area (Å²) in [5.41, 5.74) is 7.87. The van der Waals surface area contributed by atoms with Crippen LogP contribution < -0.4 is 16.4 Å². The summed E-state index contributed by atoms with van der Waals surface area (Å²) in [6, 6.07) is 8.52. The molecule has 21 heavy (non-hydrogen) atoms. The standard InChI is InChI=1S/C15H22N6/c1-4-11(3)17-9-13-19-14(16)21-15(20-13)18-12-8-6-5-7-10(12)2/h5-8,11,17H,4,9H2,1-3H3,(H3,16,18,19,20,21)/p+1/t11-/m0/s1. The predicted octanol–water partition coefficient (Wildman–Crippen LogP) is 1.37. The number of hydrogen-bond acceptors (Lipinski definition) is 5. The molecule has 1 heterocycles. The fraction of sp³-hybridized carbons (Fsp3) is 0.400. The highest BCUT2D eigenvalue weighted by molar-refractivity contribution is 5.58. The van der Waals surface area contributed by atoms with Crippen molar-refractivity contribution in [3.05, 3.63) is 35.7 Å². The lowest BCUT2D eigenvalue weighted by molar-refractivity contribution is -0.702. The van der Waals surface area contributed by atoms with Gasteiger partial charge in [0.1, 0.15) is 6.54 Å². The smallest absolute Gasteiger partial charge is 0.232 e. The molecule has 0 fully saturated rings. The number of rotatable bonds is 6. The first-order valence-electron chi connectivity index (χ1n) is 7.25. The average molecular weight is 287 g/mol. The molecule has 2 rings (SSSR count). The summed E-state index contributed by atoms with van der Waals surface area (Å²) >= 11 is 0. The molecule has 0 amide bonds. The molecule has 0 radical (unpaired) electrons. The Morgan fingerprint density at radius 3 is 2.71 bits per heavy atom. The number of para-hydroxylation sites is 1. The molecular weight excluding hydrogens is 264 g/mol. The van der Waals surface area contributed by atoms with Gasteiger partial charge in [-0.3, -0.25) is 0 Å². The molecule has 0 aliphatic rings. The Kier molecular flexibility index (Phi) is 5.05. The lowest BCUT2D eigenvalue weighted by Crippen LogP contribution is -2.87. The van der Waals surface area contributed by atoms with Gasteiger partial charge in [0.05, 0.1) is 6.04 Å². The molecule has 6 nitrogen and oxygen atoms in total. The average Bonchev–Trinajstić information content (AvgIpc) is 2.46. The van der Waals surface area contributed by atoms with Crippen LogP contribution in [-0.4, -0.2) is 21.0 Å². The Morgan fingerprint density at radius 2 is 2.00 bits per heavy atom. The molecule has 0 spiro atoms. The number of anilines is 3. The van der Waals surface area contributed by atoms with Gasteiger partial charge in [0, 0.05) is 5.69 Å². The minimum Gasteiger partial charge on any atom is -0.368 e. The molecule has 0 saturated heterocycles. The second-order valence-corrected chi connectivity index (χ2v) is 5.20. The van der Waals surface area contributed by atoms with Crippen molar-refractivity contribution >= 4 is 17.6 Å². The normalized spacial score (nSPS) is 12.1. The quantitative estimate of drug-likeness (QED) is 0.746. The molecule has 0 aliphatic carbocycles. The predicted molar refractivity (Wildman–Crippen MR) is 84.1 cm³/mol. The van der Waals surface area contributed by atoms with Gasteiger partial charge in [-0.25, -0.2) is 0 Å². The van der Waals surface area contributed by atoms with Gasteiger partial charge in [-0.15, -0.1) is 0 Å². The molecule has 1 aromatic carbocycles. The SMILES string of the molecule is CC[C@H](C)[NH2+]Cc1nc(N)nc(Nc2ccccc2C)n1. The van der Waals surface area contributed by atoms with E-state index < -0.39 is 0 Å². The molecule has 0 unspecified atom stereocenters. The Balaban J connectivity index is 2.13. The van der Waals surface area contributed by atoms with E-state index in [-0.39, 0.29) is 5.95 Å². The summed E-state index contributed by atoms with van der Waals surface area (Å²) in [4.78, 5) is 12.8. The van der Waals surface area contributed by atoms with Gasteiger partial charge in [0.2, 0.25) is 11.9 Å². The molecule has 1 aromatic heterocycles. The third-order valence-electron chi connectivity index (χ3n) is 3.44. The molecule has 2 aromatic rings. The highest BCUT2D eigenvalue weighted by Gasteiger charge is 2.09. The minimum atomic E-state index is 0.244. The summed E-state index contributed by atoms with van der Waals surface area (Å²) in [5, 5.41) is 5.40. The van der Waals surface area contributed by atoms with Gasteiger partial charge in [-0.1, -0.05) is 25.1 Å². The fourth-order valence-corrected chi connectivity index (χ4v) is 1.89. The summed E-state index contributed by atoms with van der Waals surface area (Å²) in [7, 11) is 0. The molecule has 6 heteroatoms. The van der Waals surface area contributed by atoms with E-state index in [4.69, 9.17) is 5.73 Å². The molecule has 0 aliphatic heterocycles. The van der Waals surface area contributed by atoms with Crippen LogP contribution in [0.2, 0.25) is 0 Å². The summed E-state index contributed by atoms with van der Waals surface area (Å²) in [6.45, 7) is 7.07. The lowest BCUT2D eigenvalue weighted by Gasteiger charge is -2.10. The van der Waals surface area contributed by atoms with Gasteiger partial charge in [-0.05, 0) is 31.9 Å². The number of nitrogens with two attached hydrogens (primary N) is 2. The fourth-order valence-electron chi connectivity index (χ4n) is 1.89. The van der Waals surface area contributed by atoms with Crippen LogP contribution in [-0.2, 0) is 6.54 Å². The second-order valence-electron chi connectivity index (χ2n) is 5.20. The van der Waals surface area contributed by atoms with Gasteiger partial charge >= 0.3 is 0 Å². The number of quaternary nitrogens is 1. The van der Waals surface area contributed by atoms with Crippen LogP contribution >= 0.6 is 0 Å². The zero-order valence-electron chi connectivity index (χ0n) is 12.8. The van der Waals surface area contributed by atoms with Crippen molar-refractivity contribution in [2.75, 3.05) is 11.1 Å². The number of aromatic nitrogens is 3. The molecular formula is C15H23N6+. The van der Waals surface area contributed by atoms with Gasteiger partial charge < -0.3 is 16.4 Å². The van der Waals surface area contributed by atoms with Crippen molar-refractivity contribution in [2.24, 2.45) is 0 Å². The van der Waals surface area contributed by atoms with E-state index >= 15 is 0 Å². The van der Waals surface area contributed by atoms with E-state index in [2.05, 4.69) is 39.4 Å². The maximum absolute atomic E-state index is 5.77. The van der Waals surface area contributed by atoms with E-state index in [1.54, 1.807) is 0 Å². The van der Waals surface area contributed by atoms with E-state index in [1.807, 2.05) is 31.2 Å². The van der Waals surface area contributed by atoms with Crippen LogP contribution in [0, 0.1) is 6.92 Å². The van der Waals surface area contributed by atoms with E-state index in [0.717, 1.165) is 17.7 Å².